The van der Waals surface area contributed by atoms with E-state index in [1.54, 1.807) is 32.2 Å². The molecular formula is C24H31ClN2O7S. The Morgan fingerprint density at radius 1 is 1.11 bits per heavy atom. The molecule has 0 radical (unpaired) electrons. The highest BCUT2D eigenvalue weighted by atomic mass is 35.5. The number of ether oxygens (including phenoxy) is 3. The van der Waals surface area contributed by atoms with Gasteiger partial charge in [0, 0.05) is 43.9 Å². The molecule has 0 saturated heterocycles. The zero-order chi connectivity index (χ0) is 25.8. The van der Waals surface area contributed by atoms with Gasteiger partial charge in [-0.25, -0.2) is 8.42 Å². The first-order valence-electron chi connectivity index (χ1n) is 11.1. The number of hydrogen-bond donors (Lipinski definition) is 1. The number of aliphatic hydroxyl groups excluding tert-OH is 1. The molecule has 0 unspecified atom stereocenters. The van der Waals surface area contributed by atoms with Crippen LogP contribution in [-0.2, 0) is 14.8 Å². The van der Waals surface area contributed by atoms with Crippen LogP contribution in [0.15, 0.2) is 47.4 Å². The Bertz CT molecular complexity index is 1130. The minimum Gasteiger partial charge on any atom is -0.454 e. The molecule has 35 heavy (non-hydrogen) atoms. The van der Waals surface area contributed by atoms with E-state index >= 15 is 0 Å². The molecule has 3 atom stereocenters. The van der Waals surface area contributed by atoms with E-state index in [4.69, 9.17) is 25.8 Å². The van der Waals surface area contributed by atoms with Crippen molar-refractivity contribution in [3.8, 4) is 11.5 Å². The first-order chi connectivity index (χ1) is 16.6. The smallest absolute Gasteiger partial charge is 0.253 e. The van der Waals surface area contributed by atoms with Crippen LogP contribution in [0.3, 0.4) is 0 Å². The molecule has 11 heteroatoms. The van der Waals surface area contributed by atoms with Gasteiger partial charge in [0.25, 0.3) is 5.91 Å². The molecule has 3 rings (SSSR count). The third-order valence-electron chi connectivity index (χ3n) is 6.00. The number of halogens is 1. The van der Waals surface area contributed by atoms with Gasteiger partial charge in [0.2, 0.25) is 16.8 Å². The molecule has 192 valence electrons. The molecular weight excluding hydrogens is 496 g/mol. The average molecular weight is 527 g/mol. The highest BCUT2D eigenvalue weighted by molar-refractivity contribution is 7.89. The maximum Gasteiger partial charge on any atom is 0.253 e. The largest absolute Gasteiger partial charge is 0.454 e. The van der Waals surface area contributed by atoms with Crippen molar-refractivity contribution in [3.63, 3.8) is 0 Å². The second kappa shape index (κ2) is 11.6. The molecule has 1 amide bonds. The summed E-state index contributed by atoms with van der Waals surface area (Å²) in [4.78, 5) is 14.6. The highest BCUT2D eigenvalue weighted by Crippen LogP contribution is 2.33. The predicted octanol–water partition coefficient (Wildman–Crippen LogP) is 2.86. The third-order valence-corrected chi connectivity index (χ3v) is 8.25. The zero-order valence-corrected chi connectivity index (χ0v) is 21.8. The molecule has 1 aliphatic heterocycles. The topological polar surface area (TPSA) is 106 Å². The molecule has 0 fully saturated rings. The number of likely N-dealkylation sites (N-methyl/N-ethyl adjacent to an activating group) is 1. The lowest BCUT2D eigenvalue weighted by atomic mass is 10.0. The molecule has 0 spiro atoms. The predicted molar refractivity (Wildman–Crippen MR) is 131 cm³/mol. The van der Waals surface area contributed by atoms with E-state index in [1.165, 1.54) is 40.6 Å². The number of hydrogen-bond acceptors (Lipinski definition) is 7. The Morgan fingerprint density at radius 2 is 1.77 bits per heavy atom. The van der Waals surface area contributed by atoms with Gasteiger partial charge >= 0.3 is 0 Å². The summed E-state index contributed by atoms with van der Waals surface area (Å²) in [6, 6.07) is 10.2. The van der Waals surface area contributed by atoms with E-state index in [-0.39, 0.29) is 43.2 Å². The summed E-state index contributed by atoms with van der Waals surface area (Å²) >= 11 is 5.91. The van der Waals surface area contributed by atoms with E-state index in [2.05, 4.69) is 0 Å². The van der Waals surface area contributed by atoms with Crippen molar-refractivity contribution in [1.82, 2.24) is 9.21 Å². The van der Waals surface area contributed by atoms with Gasteiger partial charge < -0.3 is 24.2 Å². The molecule has 0 saturated carbocycles. The van der Waals surface area contributed by atoms with E-state index in [9.17, 15) is 18.3 Å². The molecule has 2 aromatic rings. The summed E-state index contributed by atoms with van der Waals surface area (Å²) in [5.41, 5.74) is 0.445. The third kappa shape index (κ3) is 6.25. The zero-order valence-electron chi connectivity index (χ0n) is 20.2. The Hall–Kier alpha value is -2.37. The normalized spacial score (nSPS) is 15.6. The molecule has 1 aliphatic rings. The van der Waals surface area contributed by atoms with Crippen LogP contribution in [0.4, 0.5) is 0 Å². The fraction of sp³-hybridized carbons (Fsp3) is 0.458. The standard InChI is InChI=1S/C24H31ClN2O7S/c1-16(12-27(17(2)14-28)35(30,31)20-8-6-19(25)7-9-20)23(32-4)13-26(3)24(29)18-5-10-21-22(11-18)34-15-33-21/h5-11,16-17,23,28H,12-15H2,1-4H3/t16-,17+,23+/m0/s1. The Morgan fingerprint density at radius 3 is 2.40 bits per heavy atom. The molecule has 0 aromatic heterocycles. The first-order valence-corrected chi connectivity index (χ1v) is 13.0. The van der Waals surface area contributed by atoms with Crippen LogP contribution in [0.25, 0.3) is 0 Å². The van der Waals surface area contributed by atoms with Crippen molar-refractivity contribution in [2.24, 2.45) is 5.92 Å². The van der Waals surface area contributed by atoms with Gasteiger partial charge in [0.1, 0.15) is 0 Å². The molecule has 2 aromatic carbocycles. The van der Waals surface area contributed by atoms with Crippen LogP contribution in [0.1, 0.15) is 24.2 Å². The number of benzene rings is 2. The molecule has 1 heterocycles. The Balaban J connectivity index is 1.73. The number of methoxy groups -OCH3 is 1. The van der Waals surface area contributed by atoms with Gasteiger partial charge in [-0.1, -0.05) is 18.5 Å². The lowest BCUT2D eigenvalue weighted by Crippen LogP contribution is -2.47. The van der Waals surface area contributed by atoms with E-state index in [0.717, 1.165) is 0 Å². The second-order valence-electron chi connectivity index (χ2n) is 8.57. The van der Waals surface area contributed by atoms with E-state index in [0.29, 0.717) is 22.1 Å². The van der Waals surface area contributed by atoms with Crippen molar-refractivity contribution in [2.45, 2.75) is 30.9 Å². The molecule has 0 bridgehead atoms. The number of nitrogens with zero attached hydrogens (tertiary/aromatic N) is 2. The molecule has 0 aliphatic carbocycles. The number of aliphatic hydroxyl groups is 1. The van der Waals surface area contributed by atoms with E-state index in [1.807, 2.05) is 6.92 Å². The average Bonchev–Trinajstić information content (AvgIpc) is 3.32. The Labute approximate surface area is 211 Å². The van der Waals surface area contributed by atoms with Crippen LogP contribution in [-0.4, -0.2) is 81.4 Å². The first kappa shape index (κ1) is 27.2. The van der Waals surface area contributed by atoms with Crippen LogP contribution in [0.2, 0.25) is 5.02 Å². The maximum atomic E-state index is 13.3. The van der Waals surface area contributed by atoms with Crippen LogP contribution < -0.4 is 9.47 Å². The van der Waals surface area contributed by atoms with Gasteiger partial charge in [-0.3, -0.25) is 4.79 Å². The fourth-order valence-electron chi connectivity index (χ4n) is 3.84. The minimum absolute atomic E-state index is 0.0806. The monoisotopic (exact) mass is 526 g/mol. The van der Waals surface area contributed by atoms with Crippen molar-refractivity contribution in [1.29, 1.82) is 0 Å². The van der Waals surface area contributed by atoms with Crippen molar-refractivity contribution < 1.29 is 32.5 Å². The number of carbonyl (C=O) groups is 1. The van der Waals surface area contributed by atoms with Crippen molar-refractivity contribution >= 4 is 27.5 Å². The SMILES string of the molecule is CO[C@H](CN(C)C(=O)c1ccc2c(c1)OCO2)[C@@H](C)CN([C@H](C)CO)S(=O)(=O)c1ccc(Cl)cc1. The summed E-state index contributed by atoms with van der Waals surface area (Å²) < 4.78 is 44.2. The maximum absolute atomic E-state index is 13.3. The number of sulfonamides is 1. The van der Waals surface area contributed by atoms with Crippen LogP contribution >= 0.6 is 11.6 Å². The summed E-state index contributed by atoms with van der Waals surface area (Å²) in [7, 11) is -0.728. The van der Waals surface area contributed by atoms with Gasteiger partial charge in [0.15, 0.2) is 11.5 Å². The summed E-state index contributed by atoms with van der Waals surface area (Å²) in [5.74, 6) is 0.574. The van der Waals surface area contributed by atoms with Crippen molar-refractivity contribution in [3.05, 3.63) is 53.1 Å². The van der Waals surface area contributed by atoms with Gasteiger partial charge in [-0.2, -0.15) is 4.31 Å². The van der Waals surface area contributed by atoms with E-state index < -0.39 is 22.2 Å². The number of rotatable bonds is 11. The van der Waals surface area contributed by atoms with Crippen LogP contribution in [0.5, 0.6) is 11.5 Å². The Kier molecular flexibility index (Phi) is 9.00. The van der Waals surface area contributed by atoms with Gasteiger partial charge in [0.05, 0.1) is 17.6 Å². The fourth-order valence-corrected chi connectivity index (χ4v) is 5.69. The summed E-state index contributed by atoms with van der Waals surface area (Å²) in [6.07, 6.45) is -0.466. The highest BCUT2D eigenvalue weighted by Gasteiger charge is 2.33. The second-order valence-corrected chi connectivity index (χ2v) is 10.9. The quantitative estimate of drug-likeness (QED) is 0.480. The summed E-state index contributed by atoms with van der Waals surface area (Å²) in [6.45, 7) is 3.57. The summed E-state index contributed by atoms with van der Waals surface area (Å²) in [5, 5.41) is 10.2. The number of amides is 1. The number of fused-ring (bicyclic) bond motifs is 1. The lowest BCUT2D eigenvalue weighted by molar-refractivity contribution is 0.0221. The van der Waals surface area contributed by atoms with Crippen LogP contribution in [0, 0.1) is 5.92 Å². The lowest BCUT2D eigenvalue weighted by Gasteiger charge is -2.33. The van der Waals surface area contributed by atoms with Gasteiger partial charge in [-0.15, -0.1) is 0 Å². The minimum atomic E-state index is -3.91. The molecule has 9 nitrogen and oxygen atoms in total. The van der Waals surface area contributed by atoms with Gasteiger partial charge in [-0.05, 0) is 55.3 Å². The van der Waals surface area contributed by atoms with Crippen molar-refractivity contribution in [2.75, 3.05) is 40.6 Å². The number of carbonyl (C=O) groups excluding carboxylic acids is 1. The molecule has 1 N–H and O–H groups in total.